The number of halogens is 1. The summed E-state index contributed by atoms with van der Waals surface area (Å²) >= 11 is 0. The van der Waals surface area contributed by atoms with E-state index in [1.807, 2.05) is 0 Å². The number of hydrogen-bond donors (Lipinski definition) is 2. The Hall–Kier alpha value is -2.21. The third-order valence-corrected chi connectivity index (χ3v) is 4.16. The molecule has 6 heteroatoms. The Kier molecular flexibility index (Phi) is 5.05. The summed E-state index contributed by atoms with van der Waals surface area (Å²) in [5, 5.41) is 2.66. The van der Waals surface area contributed by atoms with Crippen molar-refractivity contribution >= 4 is 28.1 Å². The molecule has 0 heterocycles. The van der Waals surface area contributed by atoms with E-state index in [4.69, 9.17) is 5.73 Å². The SMILES string of the molecule is Nc1cccc(NC(=O)CCS(=O)c2ccccc2F)c1. The molecule has 0 fully saturated rings. The highest BCUT2D eigenvalue weighted by atomic mass is 32.2. The largest absolute Gasteiger partial charge is 0.399 e. The van der Waals surface area contributed by atoms with Crippen LogP contribution in [0, 0.1) is 5.82 Å². The quantitative estimate of drug-likeness (QED) is 0.834. The van der Waals surface area contributed by atoms with Crippen LogP contribution in [-0.2, 0) is 15.6 Å². The van der Waals surface area contributed by atoms with E-state index in [0.717, 1.165) is 0 Å². The Labute approximate surface area is 124 Å². The van der Waals surface area contributed by atoms with E-state index >= 15 is 0 Å². The summed E-state index contributed by atoms with van der Waals surface area (Å²) in [5.41, 5.74) is 6.73. The number of hydrogen-bond acceptors (Lipinski definition) is 3. The van der Waals surface area contributed by atoms with Gasteiger partial charge in [0.1, 0.15) is 5.82 Å². The fourth-order valence-electron chi connectivity index (χ4n) is 1.76. The summed E-state index contributed by atoms with van der Waals surface area (Å²) in [5.74, 6) is -0.743. The van der Waals surface area contributed by atoms with E-state index in [1.165, 1.54) is 18.2 Å². The van der Waals surface area contributed by atoms with Crippen LogP contribution in [0.15, 0.2) is 53.4 Å². The van der Waals surface area contributed by atoms with Crippen LogP contribution >= 0.6 is 0 Å². The topological polar surface area (TPSA) is 72.2 Å². The third-order valence-electron chi connectivity index (χ3n) is 2.77. The summed E-state index contributed by atoms with van der Waals surface area (Å²) in [4.78, 5) is 11.9. The normalized spacial score (nSPS) is 11.9. The molecule has 1 amide bonds. The number of nitrogens with one attached hydrogen (secondary N) is 1. The van der Waals surface area contributed by atoms with Crippen LogP contribution in [-0.4, -0.2) is 15.9 Å². The Balaban J connectivity index is 1.90. The molecule has 1 atom stereocenters. The Morgan fingerprint density at radius 3 is 2.67 bits per heavy atom. The van der Waals surface area contributed by atoms with Gasteiger partial charge in [-0.1, -0.05) is 18.2 Å². The van der Waals surface area contributed by atoms with Gasteiger partial charge in [0.05, 0.1) is 15.7 Å². The predicted octanol–water partition coefficient (Wildman–Crippen LogP) is 2.54. The lowest BCUT2D eigenvalue weighted by Crippen LogP contribution is -2.15. The molecule has 2 aromatic carbocycles. The highest BCUT2D eigenvalue weighted by molar-refractivity contribution is 7.85. The van der Waals surface area contributed by atoms with Crippen molar-refractivity contribution in [1.82, 2.24) is 0 Å². The van der Waals surface area contributed by atoms with Crippen LogP contribution in [0.4, 0.5) is 15.8 Å². The number of nitrogen functional groups attached to an aromatic ring is 1. The van der Waals surface area contributed by atoms with Gasteiger partial charge < -0.3 is 11.1 Å². The van der Waals surface area contributed by atoms with Gasteiger partial charge >= 0.3 is 0 Å². The van der Waals surface area contributed by atoms with Gasteiger partial charge in [-0.15, -0.1) is 0 Å². The van der Waals surface area contributed by atoms with Crippen molar-refractivity contribution in [2.24, 2.45) is 0 Å². The highest BCUT2D eigenvalue weighted by Gasteiger charge is 2.11. The van der Waals surface area contributed by atoms with Gasteiger partial charge in [-0.2, -0.15) is 0 Å². The van der Waals surface area contributed by atoms with Gasteiger partial charge in [-0.3, -0.25) is 9.00 Å². The second kappa shape index (κ2) is 6.99. The fraction of sp³-hybridized carbons (Fsp3) is 0.133. The predicted molar refractivity (Wildman–Crippen MR) is 81.8 cm³/mol. The number of carbonyl (C=O) groups is 1. The number of benzene rings is 2. The van der Waals surface area contributed by atoms with Crippen LogP contribution in [0.2, 0.25) is 0 Å². The second-order valence-corrected chi connectivity index (χ2v) is 5.94. The molecule has 2 rings (SSSR count). The monoisotopic (exact) mass is 306 g/mol. The lowest BCUT2D eigenvalue weighted by Gasteiger charge is -2.06. The Bertz CT molecular complexity index is 676. The van der Waals surface area contributed by atoms with Gasteiger partial charge in [0.15, 0.2) is 0 Å². The number of carbonyl (C=O) groups excluding carboxylic acids is 1. The molecule has 0 aliphatic heterocycles. The minimum Gasteiger partial charge on any atom is -0.399 e. The summed E-state index contributed by atoms with van der Waals surface area (Å²) in [7, 11) is -1.54. The molecule has 0 radical (unpaired) electrons. The zero-order valence-corrected chi connectivity index (χ0v) is 12.0. The number of anilines is 2. The smallest absolute Gasteiger partial charge is 0.225 e. The van der Waals surface area contributed by atoms with Gasteiger partial charge in [0.25, 0.3) is 0 Å². The molecule has 0 aliphatic rings. The van der Waals surface area contributed by atoms with E-state index in [9.17, 15) is 13.4 Å². The lowest BCUT2D eigenvalue weighted by atomic mass is 10.3. The molecule has 110 valence electrons. The number of rotatable bonds is 5. The molecule has 21 heavy (non-hydrogen) atoms. The van der Waals surface area contributed by atoms with Crippen molar-refractivity contribution in [2.45, 2.75) is 11.3 Å². The van der Waals surface area contributed by atoms with Gasteiger partial charge in [-0.05, 0) is 30.3 Å². The number of amides is 1. The molecule has 3 N–H and O–H groups in total. The molecule has 4 nitrogen and oxygen atoms in total. The van der Waals surface area contributed by atoms with Crippen molar-refractivity contribution < 1.29 is 13.4 Å². The molecule has 2 aromatic rings. The molecule has 0 aliphatic carbocycles. The van der Waals surface area contributed by atoms with Crippen LogP contribution in [0.3, 0.4) is 0 Å². The fourth-order valence-corrected chi connectivity index (χ4v) is 2.87. The van der Waals surface area contributed by atoms with Crippen molar-refractivity contribution in [3.05, 3.63) is 54.3 Å². The molecule has 0 aromatic heterocycles. The minimum atomic E-state index is -1.54. The summed E-state index contributed by atoms with van der Waals surface area (Å²) in [6.07, 6.45) is 0.0374. The first-order chi connectivity index (χ1) is 10.1. The first-order valence-corrected chi connectivity index (χ1v) is 7.66. The number of nitrogens with two attached hydrogens (primary N) is 1. The maximum absolute atomic E-state index is 13.4. The van der Waals surface area contributed by atoms with Crippen LogP contribution in [0.5, 0.6) is 0 Å². The summed E-state index contributed by atoms with van der Waals surface area (Å²) in [6.45, 7) is 0. The third kappa shape index (κ3) is 4.39. The van der Waals surface area contributed by atoms with E-state index in [1.54, 1.807) is 30.3 Å². The van der Waals surface area contributed by atoms with Crippen LogP contribution < -0.4 is 11.1 Å². The molecular formula is C15H15FN2O2S. The Morgan fingerprint density at radius 2 is 1.95 bits per heavy atom. The van der Waals surface area contributed by atoms with Crippen molar-refractivity contribution in [2.75, 3.05) is 16.8 Å². The van der Waals surface area contributed by atoms with E-state index in [0.29, 0.717) is 11.4 Å². The van der Waals surface area contributed by atoms with Crippen molar-refractivity contribution in [3.63, 3.8) is 0 Å². The Morgan fingerprint density at radius 1 is 1.19 bits per heavy atom. The summed E-state index contributed by atoms with van der Waals surface area (Å²) in [6, 6.07) is 12.6. The van der Waals surface area contributed by atoms with Crippen molar-refractivity contribution in [3.8, 4) is 0 Å². The minimum absolute atomic E-state index is 0.0374. The average molecular weight is 306 g/mol. The van der Waals surface area contributed by atoms with E-state index in [-0.39, 0.29) is 23.0 Å². The maximum Gasteiger partial charge on any atom is 0.225 e. The molecule has 0 saturated heterocycles. The standard InChI is InChI=1S/C15H15FN2O2S/c16-13-6-1-2-7-14(13)21(20)9-8-15(19)18-12-5-3-4-11(17)10-12/h1-7,10H,8-9,17H2,(H,18,19). The van der Waals surface area contributed by atoms with Gasteiger partial charge in [0.2, 0.25) is 5.91 Å². The summed E-state index contributed by atoms with van der Waals surface area (Å²) < 4.78 is 25.4. The highest BCUT2D eigenvalue weighted by Crippen LogP contribution is 2.14. The first kappa shape index (κ1) is 15.2. The molecule has 0 bridgehead atoms. The van der Waals surface area contributed by atoms with Gasteiger partial charge in [-0.25, -0.2) is 4.39 Å². The molecule has 0 spiro atoms. The van der Waals surface area contributed by atoms with Crippen LogP contribution in [0.1, 0.15) is 6.42 Å². The van der Waals surface area contributed by atoms with E-state index < -0.39 is 16.6 Å². The van der Waals surface area contributed by atoms with E-state index in [2.05, 4.69) is 5.32 Å². The molecule has 1 unspecified atom stereocenters. The van der Waals surface area contributed by atoms with Crippen LogP contribution in [0.25, 0.3) is 0 Å². The maximum atomic E-state index is 13.4. The molecule has 0 saturated carbocycles. The molecular weight excluding hydrogens is 291 g/mol. The lowest BCUT2D eigenvalue weighted by molar-refractivity contribution is -0.115. The zero-order valence-electron chi connectivity index (χ0n) is 11.2. The van der Waals surface area contributed by atoms with Gasteiger partial charge in [0, 0.05) is 23.5 Å². The average Bonchev–Trinajstić information content (AvgIpc) is 2.45. The second-order valence-electron chi connectivity index (χ2n) is 4.40. The first-order valence-electron chi connectivity index (χ1n) is 6.34. The van der Waals surface area contributed by atoms with Crippen molar-refractivity contribution in [1.29, 1.82) is 0 Å². The zero-order chi connectivity index (χ0) is 15.2.